The van der Waals surface area contributed by atoms with Gasteiger partial charge in [0, 0.05) is 19.3 Å². The second-order valence-corrected chi connectivity index (χ2v) is 15.4. The minimum atomic E-state index is -0.836. The summed E-state index contributed by atoms with van der Waals surface area (Å²) in [6.07, 6.45) is 68.7. The molecule has 346 valence electrons. The van der Waals surface area contributed by atoms with Gasteiger partial charge in [-0.15, -0.1) is 0 Å². The summed E-state index contributed by atoms with van der Waals surface area (Å²) in [5.74, 6) is -1.06. The third-order valence-electron chi connectivity index (χ3n) is 9.48. The zero-order valence-corrected chi connectivity index (χ0v) is 39.3. The molecule has 0 heterocycles. The van der Waals surface area contributed by atoms with Crippen LogP contribution in [-0.2, 0) is 28.6 Å². The van der Waals surface area contributed by atoms with Gasteiger partial charge in [0.25, 0.3) is 0 Å². The molecule has 6 heteroatoms. The molecule has 0 radical (unpaired) electrons. The van der Waals surface area contributed by atoms with E-state index >= 15 is 0 Å². The molecule has 0 N–H and O–H groups in total. The lowest BCUT2D eigenvalue weighted by molar-refractivity contribution is -0.166. The van der Waals surface area contributed by atoms with Crippen molar-refractivity contribution in [3.63, 3.8) is 0 Å². The summed E-state index contributed by atoms with van der Waals surface area (Å²) in [4.78, 5) is 37.8. The van der Waals surface area contributed by atoms with E-state index in [-0.39, 0.29) is 31.6 Å². The minimum Gasteiger partial charge on any atom is -0.462 e. The second-order valence-electron chi connectivity index (χ2n) is 15.4. The summed E-state index contributed by atoms with van der Waals surface area (Å²) in [5.41, 5.74) is 0. The monoisotopic (exact) mass is 855 g/mol. The van der Waals surface area contributed by atoms with Crippen LogP contribution in [0, 0.1) is 0 Å². The van der Waals surface area contributed by atoms with E-state index in [0.29, 0.717) is 19.3 Å². The van der Waals surface area contributed by atoms with E-state index in [0.717, 1.165) is 116 Å². The largest absolute Gasteiger partial charge is 0.462 e. The highest BCUT2D eigenvalue weighted by molar-refractivity contribution is 5.71. The summed E-state index contributed by atoms with van der Waals surface area (Å²) < 4.78 is 16.6. The molecule has 0 aromatic rings. The predicted molar refractivity (Wildman–Crippen MR) is 265 cm³/mol. The van der Waals surface area contributed by atoms with E-state index in [1.807, 2.05) is 48.6 Å². The standard InChI is InChI=1S/C56H86O6/c1-4-7-10-13-16-19-22-24-26-28-29-31-32-34-37-40-43-46-49-55(58)61-52-53(51-60-54(57)48-45-42-39-36-21-18-15-12-9-6-3)62-56(59)50-47-44-41-38-35-33-30-27-25-23-20-17-14-11-8-5-2/h8,10-11,13,15-20,22,24-29,31,33,35,41,44,53H,4-7,9,12,14,21,23,30,32,34,36-40,42-43,45-52H2,1-3H3/b11-8-,13-10-,18-15-,19-16-,20-17-,24-22-,27-25-,28-26-,31-29-,35-33-,44-41-. The first-order chi connectivity index (χ1) is 30.5. The molecule has 6 nitrogen and oxygen atoms in total. The van der Waals surface area contributed by atoms with E-state index in [4.69, 9.17) is 14.2 Å². The van der Waals surface area contributed by atoms with Crippen molar-refractivity contribution < 1.29 is 28.6 Å². The predicted octanol–water partition coefficient (Wildman–Crippen LogP) is 15.9. The highest BCUT2D eigenvalue weighted by Gasteiger charge is 2.19. The summed E-state index contributed by atoms with van der Waals surface area (Å²) in [5, 5.41) is 0. The van der Waals surface area contributed by atoms with Gasteiger partial charge in [0.2, 0.25) is 0 Å². The van der Waals surface area contributed by atoms with Crippen LogP contribution in [0.25, 0.3) is 0 Å². The average molecular weight is 855 g/mol. The first-order valence-corrected chi connectivity index (χ1v) is 24.3. The number of rotatable bonds is 41. The summed E-state index contributed by atoms with van der Waals surface area (Å²) in [6, 6.07) is 0. The molecule has 1 atom stereocenters. The van der Waals surface area contributed by atoms with Gasteiger partial charge in [0.1, 0.15) is 13.2 Å². The minimum absolute atomic E-state index is 0.128. The number of hydrogen-bond acceptors (Lipinski definition) is 6. The molecule has 0 rings (SSSR count). The van der Waals surface area contributed by atoms with Crippen LogP contribution >= 0.6 is 0 Å². The molecular formula is C56H86O6. The van der Waals surface area contributed by atoms with Crippen LogP contribution in [0.4, 0.5) is 0 Å². The maximum Gasteiger partial charge on any atom is 0.306 e. The van der Waals surface area contributed by atoms with Crippen LogP contribution < -0.4 is 0 Å². The summed E-state index contributed by atoms with van der Waals surface area (Å²) in [7, 11) is 0. The highest BCUT2D eigenvalue weighted by Crippen LogP contribution is 2.11. The quantitative estimate of drug-likeness (QED) is 0.0200. The normalized spacial score (nSPS) is 13.3. The summed E-state index contributed by atoms with van der Waals surface area (Å²) >= 11 is 0. The first-order valence-electron chi connectivity index (χ1n) is 24.3. The maximum absolute atomic E-state index is 12.7. The fourth-order valence-electron chi connectivity index (χ4n) is 5.85. The number of unbranched alkanes of at least 4 members (excludes halogenated alkanes) is 12. The topological polar surface area (TPSA) is 78.9 Å². The zero-order chi connectivity index (χ0) is 45.1. The van der Waals surface area contributed by atoms with Gasteiger partial charge in [-0.25, -0.2) is 0 Å². The lowest BCUT2D eigenvalue weighted by atomic mass is 10.1. The Balaban J connectivity index is 4.57. The van der Waals surface area contributed by atoms with Crippen molar-refractivity contribution in [2.75, 3.05) is 13.2 Å². The van der Waals surface area contributed by atoms with Gasteiger partial charge in [-0.3, -0.25) is 14.4 Å². The molecule has 0 aliphatic carbocycles. The molecule has 0 fully saturated rings. The Bertz CT molecular complexity index is 1400. The lowest BCUT2D eigenvalue weighted by Gasteiger charge is -2.18. The number of esters is 3. The molecule has 0 aliphatic heterocycles. The van der Waals surface area contributed by atoms with E-state index in [9.17, 15) is 14.4 Å². The molecule has 0 aromatic heterocycles. The average Bonchev–Trinajstić information content (AvgIpc) is 3.27. The molecule has 0 saturated heterocycles. The Morgan fingerprint density at radius 3 is 1.26 bits per heavy atom. The number of carbonyl (C=O) groups excluding carboxylic acids is 3. The van der Waals surface area contributed by atoms with Gasteiger partial charge < -0.3 is 14.2 Å². The second kappa shape index (κ2) is 49.2. The van der Waals surface area contributed by atoms with Crippen molar-refractivity contribution in [2.24, 2.45) is 0 Å². The molecule has 62 heavy (non-hydrogen) atoms. The van der Waals surface area contributed by atoms with Crippen molar-refractivity contribution in [3.05, 3.63) is 134 Å². The number of ether oxygens (including phenoxy) is 3. The smallest absolute Gasteiger partial charge is 0.306 e. The van der Waals surface area contributed by atoms with Crippen molar-refractivity contribution in [1.29, 1.82) is 0 Å². The van der Waals surface area contributed by atoms with Crippen molar-refractivity contribution in [3.8, 4) is 0 Å². The van der Waals surface area contributed by atoms with Gasteiger partial charge in [-0.2, -0.15) is 0 Å². The van der Waals surface area contributed by atoms with Crippen LogP contribution in [0.15, 0.2) is 134 Å². The fraction of sp³-hybridized carbons (Fsp3) is 0.554. The molecule has 0 amide bonds. The lowest BCUT2D eigenvalue weighted by Crippen LogP contribution is -2.30. The fourth-order valence-corrected chi connectivity index (χ4v) is 5.85. The maximum atomic E-state index is 12.7. The number of allylic oxidation sites excluding steroid dienone is 22. The molecule has 0 spiro atoms. The van der Waals surface area contributed by atoms with Crippen LogP contribution in [0.1, 0.15) is 181 Å². The van der Waals surface area contributed by atoms with Crippen LogP contribution in [0.2, 0.25) is 0 Å². The first kappa shape index (κ1) is 57.5. The highest BCUT2D eigenvalue weighted by atomic mass is 16.6. The molecular weight excluding hydrogens is 769 g/mol. The SMILES string of the molecule is CC/C=C\C/C=C\C/C=C\C/C=C\C/C=C\CCC(=O)OC(COC(=O)CCCCCC/C=C\CCCC)COC(=O)CCCCCCC\C=C/C=C\C=C/C=C\C=C/CCC. The van der Waals surface area contributed by atoms with Crippen LogP contribution in [0.3, 0.4) is 0 Å². The van der Waals surface area contributed by atoms with Gasteiger partial charge in [-0.1, -0.05) is 206 Å². The van der Waals surface area contributed by atoms with Crippen molar-refractivity contribution in [1.82, 2.24) is 0 Å². The Hall–Kier alpha value is -4.45. The molecule has 0 aromatic carbocycles. The third kappa shape index (κ3) is 46.6. The Labute approximate surface area is 379 Å². The Kier molecular flexibility index (Phi) is 45.7. The van der Waals surface area contributed by atoms with E-state index in [2.05, 4.69) is 106 Å². The molecule has 0 bridgehead atoms. The third-order valence-corrected chi connectivity index (χ3v) is 9.48. The molecule has 0 saturated carbocycles. The van der Waals surface area contributed by atoms with Crippen LogP contribution in [0.5, 0.6) is 0 Å². The number of carbonyl (C=O) groups is 3. The summed E-state index contributed by atoms with van der Waals surface area (Å²) in [6.45, 7) is 6.26. The number of hydrogen-bond donors (Lipinski definition) is 0. The Morgan fingerprint density at radius 2 is 0.758 bits per heavy atom. The van der Waals surface area contributed by atoms with Crippen LogP contribution in [-0.4, -0.2) is 37.2 Å². The Morgan fingerprint density at radius 1 is 0.355 bits per heavy atom. The van der Waals surface area contributed by atoms with Crippen molar-refractivity contribution in [2.45, 2.75) is 187 Å². The van der Waals surface area contributed by atoms with Gasteiger partial charge >= 0.3 is 17.9 Å². The van der Waals surface area contributed by atoms with Gasteiger partial charge in [-0.05, 0) is 89.9 Å². The molecule has 1 unspecified atom stereocenters. The molecule has 0 aliphatic rings. The zero-order valence-electron chi connectivity index (χ0n) is 39.3. The van der Waals surface area contributed by atoms with Gasteiger partial charge in [0.15, 0.2) is 6.10 Å². The van der Waals surface area contributed by atoms with Gasteiger partial charge in [0.05, 0.1) is 0 Å². The van der Waals surface area contributed by atoms with Crippen molar-refractivity contribution >= 4 is 17.9 Å². The van der Waals surface area contributed by atoms with E-state index in [1.165, 1.54) is 19.3 Å². The van der Waals surface area contributed by atoms with E-state index < -0.39 is 12.1 Å². The van der Waals surface area contributed by atoms with E-state index in [1.54, 1.807) is 0 Å².